The van der Waals surface area contributed by atoms with Crippen LogP contribution in [0.25, 0.3) is 0 Å². The van der Waals surface area contributed by atoms with Crippen LogP contribution in [0, 0.1) is 0 Å². The number of ether oxygens (including phenoxy) is 1. The van der Waals surface area contributed by atoms with Crippen LogP contribution in [0.2, 0.25) is 0 Å². The van der Waals surface area contributed by atoms with E-state index in [4.69, 9.17) is 56.2 Å². The van der Waals surface area contributed by atoms with E-state index in [2.05, 4.69) is 4.74 Å². The van der Waals surface area contributed by atoms with Crippen LogP contribution in [0.5, 0.6) is 0 Å². The van der Waals surface area contributed by atoms with E-state index in [-0.39, 0.29) is 13.2 Å². The maximum absolute atomic E-state index is 9.00. The number of carboxylic acids is 4. The first-order valence-electron chi connectivity index (χ1n) is 6.10. The van der Waals surface area contributed by atoms with E-state index in [0.717, 1.165) is 27.7 Å². The van der Waals surface area contributed by atoms with Gasteiger partial charge in [0.25, 0.3) is 23.9 Å². The van der Waals surface area contributed by atoms with E-state index < -0.39 is 29.7 Å². The minimum Gasteiger partial charge on any atom is -0.481 e. The molecule has 146 valence electrons. The first-order chi connectivity index (χ1) is 10.5. The molecule has 0 fully saturated rings. The van der Waals surface area contributed by atoms with Gasteiger partial charge in [0.1, 0.15) is 0 Å². The van der Waals surface area contributed by atoms with Crippen LogP contribution in [0.3, 0.4) is 0 Å². The molecule has 12 nitrogen and oxygen atoms in total. The maximum atomic E-state index is 9.00. The lowest BCUT2D eigenvalue weighted by Gasteiger charge is -2.17. The van der Waals surface area contributed by atoms with Crippen molar-refractivity contribution in [3.8, 4) is 0 Å². The van der Waals surface area contributed by atoms with E-state index >= 15 is 0 Å². The molecule has 24 heavy (non-hydrogen) atoms. The fourth-order valence-electron chi connectivity index (χ4n) is 0.266. The van der Waals surface area contributed by atoms with Crippen LogP contribution < -0.4 is 11.5 Å². The number of hydrogen-bond donors (Lipinski definition) is 7. The molecular weight excluding hydrogens is 332 g/mol. The number of aliphatic hydroxyl groups excluding tert-OH is 1. The Morgan fingerprint density at radius 2 is 0.958 bits per heavy atom. The Kier molecular flexibility index (Phi) is 32.0. The molecule has 12 heteroatoms. The van der Waals surface area contributed by atoms with Crippen LogP contribution in [0.15, 0.2) is 0 Å². The molecule has 0 unspecified atom stereocenters. The van der Waals surface area contributed by atoms with Gasteiger partial charge in [-0.15, -0.1) is 0 Å². The fraction of sp³-hybridized carbons (Fsp3) is 0.667. The molecular formula is C12H28N2O10. The van der Waals surface area contributed by atoms with Crippen LogP contribution in [-0.2, 0) is 23.9 Å². The summed E-state index contributed by atoms with van der Waals surface area (Å²) in [5.74, 6) is -4.44. The van der Waals surface area contributed by atoms with Crippen molar-refractivity contribution < 1.29 is 49.4 Å². The smallest absolute Gasteiger partial charge is 0.300 e. The SMILES string of the molecule is CC(=O)O.CC(=O)O.CC(=O)O.CC(=O)O.CC(N)(N)OCCO. The molecule has 0 aliphatic carbocycles. The first kappa shape index (κ1) is 33.4. The number of nitrogens with two attached hydrogens (primary N) is 2. The lowest BCUT2D eigenvalue weighted by molar-refractivity contribution is -0.135. The number of rotatable bonds is 3. The van der Waals surface area contributed by atoms with Gasteiger partial charge >= 0.3 is 0 Å². The quantitative estimate of drug-likeness (QED) is 0.299. The van der Waals surface area contributed by atoms with E-state index in [1.807, 2.05) is 0 Å². The normalized spacial score (nSPS) is 8.17. The first-order valence-corrected chi connectivity index (χ1v) is 6.10. The Bertz CT molecular complexity index is 275. The Balaban J connectivity index is -0.0000000657. The lowest BCUT2D eigenvalue weighted by Crippen LogP contribution is -2.49. The van der Waals surface area contributed by atoms with Gasteiger partial charge in [-0.1, -0.05) is 0 Å². The summed E-state index contributed by atoms with van der Waals surface area (Å²) < 4.78 is 4.68. The Hall–Kier alpha value is -2.28. The summed E-state index contributed by atoms with van der Waals surface area (Å²) in [4.78, 5) is 36.0. The summed E-state index contributed by atoms with van der Waals surface area (Å²) in [6, 6.07) is 0. The predicted molar refractivity (Wildman–Crippen MR) is 83.1 cm³/mol. The van der Waals surface area contributed by atoms with E-state index in [0.29, 0.717) is 0 Å². The third-order valence-corrected chi connectivity index (χ3v) is 0.504. The van der Waals surface area contributed by atoms with Crippen molar-refractivity contribution in [2.75, 3.05) is 13.2 Å². The van der Waals surface area contributed by atoms with Gasteiger partial charge in [-0.25, -0.2) is 0 Å². The van der Waals surface area contributed by atoms with Crippen LogP contribution >= 0.6 is 0 Å². The standard InChI is InChI=1S/C4H12N2O2.4C2H4O2/c1-4(5,6)8-3-2-7;4*1-2(3)4/h7H,2-3,5-6H2,1H3;4*1H3,(H,3,4). The summed E-state index contributed by atoms with van der Waals surface area (Å²) in [6.45, 7) is 5.98. The molecule has 0 amide bonds. The lowest BCUT2D eigenvalue weighted by atomic mass is 10.5. The second-order valence-corrected chi connectivity index (χ2v) is 3.83. The van der Waals surface area contributed by atoms with Crippen molar-refractivity contribution in [3.05, 3.63) is 0 Å². The highest BCUT2D eigenvalue weighted by molar-refractivity contribution is 5.63. The van der Waals surface area contributed by atoms with Gasteiger partial charge < -0.3 is 30.3 Å². The molecule has 0 aromatic heterocycles. The van der Waals surface area contributed by atoms with Crippen LogP contribution in [0.4, 0.5) is 0 Å². The van der Waals surface area contributed by atoms with Crippen LogP contribution in [0.1, 0.15) is 34.6 Å². The highest BCUT2D eigenvalue weighted by Gasteiger charge is 2.08. The molecule has 0 spiro atoms. The topological polar surface area (TPSA) is 231 Å². The van der Waals surface area contributed by atoms with Crippen molar-refractivity contribution in [1.29, 1.82) is 0 Å². The molecule has 0 radical (unpaired) electrons. The molecule has 0 aliphatic rings. The molecule has 0 saturated heterocycles. The average Bonchev–Trinajstić information content (AvgIpc) is 2.21. The van der Waals surface area contributed by atoms with E-state index in [1.54, 1.807) is 0 Å². The van der Waals surface area contributed by atoms with Gasteiger partial charge in [-0.05, 0) is 6.92 Å². The van der Waals surface area contributed by atoms with Crippen molar-refractivity contribution in [3.63, 3.8) is 0 Å². The number of carbonyl (C=O) groups is 4. The van der Waals surface area contributed by atoms with Gasteiger partial charge in [-0.2, -0.15) is 0 Å². The zero-order chi connectivity index (χ0) is 20.9. The predicted octanol–water partition coefficient (Wildman–Crippen LogP) is -1.05. The van der Waals surface area contributed by atoms with Gasteiger partial charge in [-0.3, -0.25) is 30.6 Å². The summed E-state index contributed by atoms with van der Waals surface area (Å²) in [6.07, 6.45) is 0. The molecule has 0 rings (SSSR count). The molecule has 0 saturated carbocycles. The highest BCUT2D eigenvalue weighted by atomic mass is 16.5. The highest BCUT2D eigenvalue weighted by Crippen LogP contribution is 1.87. The summed E-state index contributed by atoms with van der Waals surface area (Å²) in [5, 5.41) is 37.9. The van der Waals surface area contributed by atoms with Crippen molar-refractivity contribution >= 4 is 23.9 Å². The maximum Gasteiger partial charge on any atom is 0.300 e. The third-order valence-electron chi connectivity index (χ3n) is 0.504. The van der Waals surface area contributed by atoms with Crippen molar-refractivity contribution in [2.45, 2.75) is 40.5 Å². The fourth-order valence-corrected chi connectivity index (χ4v) is 0.266. The third kappa shape index (κ3) is 934. The largest absolute Gasteiger partial charge is 0.481 e. The monoisotopic (exact) mass is 360 g/mol. The second-order valence-electron chi connectivity index (χ2n) is 3.83. The molecule has 0 bridgehead atoms. The van der Waals surface area contributed by atoms with Crippen LogP contribution in [-0.4, -0.2) is 68.5 Å². The summed E-state index contributed by atoms with van der Waals surface area (Å²) in [5.41, 5.74) is 10.3. The minimum absolute atomic E-state index is 0.0516. The number of aliphatic carboxylic acids is 4. The zero-order valence-electron chi connectivity index (χ0n) is 14.3. The van der Waals surface area contributed by atoms with E-state index in [9.17, 15) is 0 Å². The van der Waals surface area contributed by atoms with Gasteiger partial charge in [0.2, 0.25) is 0 Å². The Labute approximate surface area is 139 Å². The molecule has 0 aromatic carbocycles. The molecule has 0 heterocycles. The van der Waals surface area contributed by atoms with Gasteiger partial charge in [0.05, 0.1) is 13.2 Å². The van der Waals surface area contributed by atoms with Crippen molar-refractivity contribution in [1.82, 2.24) is 0 Å². The second kappa shape index (κ2) is 23.0. The molecule has 0 atom stereocenters. The van der Waals surface area contributed by atoms with E-state index in [1.165, 1.54) is 6.92 Å². The minimum atomic E-state index is -1.11. The average molecular weight is 360 g/mol. The zero-order valence-corrected chi connectivity index (χ0v) is 14.3. The van der Waals surface area contributed by atoms with Gasteiger partial charge in [0, 0.05) is 27.7 Å². The molecule has 0 aromatic rings. The summed E-state index contributed by atoms with van der Waals surface area (Å²) >= 11 is 0. The number of aliphatic hydroxyl groups is 1. The van der Waals surface area contributed by atoms with Crippen molar-refractivity contribution in [2.24, 2.45) is 11.5 Å². The summed E-state index contributed by atoms with van der Waals surface area (Å²) in [7, 11) is 0. The number of carboxylic acid groups (broad SMARTS) is 4. The Morgan fingerprint density at radius 1 is 0.792 bits per heavy atom. The number of hydrogen-bond acceptors (Lipinski definition) is 8. The van der Waals surface area contributed by atoms with Gasteiger partial charge in [0.15, 0.2) is 5.85 Å². The molecule has 0 aliphatic heterocycles. The Morgan fingerprint density at radius 3 is 1.00 bits per heavy atom. The molecule has 9 N–H and O–H groups in total.